The second-order valence-electron chi connectivity index (χ2n) is 4.58. The Morgan fingerprint density at radius 2 is 2.00 bits per heavy atom. The fraction of sp³-hybridized carbons (Fsp3) is 0.429. The minimum Gasteiger partial charge on any atom is -0.494 e. The number of hydrogen-bond donors (Lipinski definition) is 3. The summed E-state index contributed by atoms with van der Waals surface area (Å²) in [6, 6.07) is 7.11. The van der Waals surface area contributed by atoms with E-state index in [1.54, 1.807) is 24.3 Å². The molecule has 3 N–H and O–H groups in total. The Balaban J connectivity index is 1.74. The minimum atomic E-state index is -0.241. The van der Waals surface area contributed by atoms with Crippen molar-refractivity contribution in [3.8, 4) is 5.75 Å². The van der Waals surface area contributed by atoms with E-state index in [0.717, 1.165) is 5.75 Å². The van der Waals surface area contributed by atoms with Gasteiger partial charge in [0, 0.05) is 18.8 Å². The van der Waals surface area contributed by atoms with Crippen LogP contribution in [0.15, 0.2) is 24.3 Å². The van der Waals surface area contributed by atoms with E-state index in [9.17, 15) is 9.59 Å². The second kappa shape index (κ2) is 6.91. The van der Waals surface area contributed by atoms with Gasteiger partial charge in [0.2, 0.25) is 11.8 Å². The molecule has 1 saturated heterocycles. The third-order valence-corrected chi connectivity index (χ3v) is 3.02. The number of carbonyl (C=O) groups excluding carboxylic acids is 2. The highest BCUT2D eigenvalue weighted by atomic mass is 16.5. The number of carbonyl (C=O) groups is 2. The standard InChI is InChI=1S/C14H19N3O3/c1-2-20-12-5-3-11(4-6-12)17-13(18)9-16-14(19)10-7-15-8-10/h3-6,10,15H,2,7-9H2,1H3,(H,16,19)(H,17,18). The first-order valence-electron chi connectivity index (χ1n) is 6.70. The molecular weight excluding hydrogens is 258 g/mol. The van der Waals surface area contributed by atoms with E-state index in [4.69, 9.17) is 4.74 Å². The quantitative estimate of drug-likeness (QED) is 0.701. The molecule has 0 aliphatic carbocycles. The van der Waals surface area contributed by atoms with Crippen molar-refractivity contribution in [1.82, 2.24) is 10.6 Å². The molecule has 0 bridgehead atoms. The lowest BCUT2D eigenvalue weighted by atomic mass is 10.0. The molecule has 1 aliphatic heterocycles. The van der Waals surface area contributed by atoms with Crippen molar-refractivity contribution in [2.24, 2.45) is 5.92 Å². The smallest absolute Gasteiger partial charge is 0.243 e. The van der Waals surface area contributed by atoms with Gasteiger partial charge < -0.3 is 20.7 Å². The van der Waals surface area contributed by atoms with Crippen molar-refractivity contribution in [1.29, 1.82) is 0 Å². The first-order valence-corrected chi connectivity index (χ1v) is 6.70. The average molecular weight is 277 g/mol. The predicted molar refractivity (Wildman–Crippen MR) is 75.6 cm³/mol. The van der Waals surface area contributed by atoms with E-state index >= 15 is 0 Å². The van der Waals surface area contributed by atoms with E-state index < -0.39 is 0 Å². The first kappa shape index (κ1) is 14.3. The van der Waals surface area contributed by atoms with Crippen LogP contribution in [0.4, 0.5) is 5.69 Å². The largest absolute Gasteiger partial charge is 0.494 e. The molecule has 1 aromatic carbocycles. The molecular formula is C14H19N3O3. The van der Waals surface area contributed by atoms with Crippen LogP contribution in [0.5, 0.6) is 5.75 Å². The highest BCUT2D eigenvalue weighted by molar-refractivity contribution is 5.95. The third-order valence-electron chi connectivity index (χ3n) is 3.02. The Hall–Kier alpha value is -2.08. The summed E-state index contributed by atoms with van der Waals surface area (Å²) in [5, 5.41) is 8.35. The van der Waals surface area contributed by atoms with Gasteiger partial charge >= 0.3 is 0 Å². The Labute approximate surface area is 117 Å². The molecule has 1 aliphatic rings. The predicted octanol–water partition coefficient (Wildman–Crippen LogP) is 0.359. The van der Waals surface area contributed by atoms with E-state index in [1.807, 2.05) is 6.92 Å². The maximum atomic E-state index is 11.7. The van der Waals surface area contributed by atoms with Gasteiger partial charge in [-0.05, 0) is 31.2 Å². The summed E-state index contributed by atoms with van der Waals surface area (Å²) in [4.78, 5) is 23.2. The van der Waals surface area contributed by atoms with Crippen LogP contribution in [-0.4, -0.2) is 38.1 Å². The molecule has 0 radical (unpaired) electrons. The number of amides is 2. The van der Waals surface area contributed by atoms with Gasteiger partial charge in [-0.1, -0.05) is 0 Å². The zero-order chi connectivity index (χ0) is 14.4. The summed E-state index contributed by atoms with van der Waals surface area (Å²) in [6.45, 7) is 3.88. The molecule has 6 nitrogen and oxygen atoms in total. The molecule has 0 unspecified atom stereocenters. The molecule has 20 heavy (non-hydrogen) atoms. The molecule has 1 fully saturated rings. The maximum absolute atomic E-state index is 11.7. The van der Waals surface area contributed by atoms with E-state index in [0.29, 0.717) is 25.4 Å². The molecule has 0 atom stereocenters. The van der Waals surface area contributed by atoms with Gasteiger partial charge in [0.1, 0.15) is 5.75 Å². The van der Waals surface area contributed by atoms with Crippen molar-refractivity contribution in [2.75, 3.05) is 31.6 Å². The van der Waals surface area contributed by atoms with Crippen LogP contribution >= 0.6 is 0 Å². The van der Waals surface area contributed by atoms with Crippen LogP contribution < -0.4 is 20.7 Å². The fourth-order valence-corrected chi connectivity index (χ4v) is 1.79. The van der Waals surface area contributed by atoms with Gasteiger partial charge in [0.25, 0.3) is 0 Å². The fourth-order valence-electron chi connectivity index (χ4n) is 1.79. The lowest BCUT2D eigenvalue weighted by Gasteiger charge is -2.25. The summed E-state index contributed by atoms with van der Waals surface area (Å²) in [6.07, 6.45) is 0. The highest BCUT2D eigenvalue weighted by Crippen LogP contribution is 2.15. The number of nitrogens with one attached hydrogen (secondary N) is 3. The summed E-state index contributed by atoms with van der Waals surface area (Å²) in [5.74, 6) is 0.435. The van der Waals surface area contributed by atoms with Crippen LogP contribution in [0.3, 0.4) is 0 Å². The average Bonchev–Trinajstić information content (AvgIpc) is 2.37. The maximum Gasteiger partial charge on any atom is 0.243 e. The summed E-state index contributed by atoms with van der Waals surface area (Å²) < 4.78 is 5.31. The number of hydrogen-bond acceptors (Lipinski definition) is 4. The lowest BCUT2D eigenvalue weighted by molar-refractivity contribution is -0.128. The van der Waals surface area contributed by atoms with Crippen LogP contribution in [0, 0.1) is 5.92 Å². The van der Waals surface area contributed by atoms with Crippen LogP contribution in [0.25, 0.3) is 0 Å². The molecule has 1 heterocycles. The van der Waals surface area contributed by atoms with Crippen molar-refractivity contribution in [2.45, 2.75) is 6.92 Å². The van der Waals surface area contributed by atoms with Crippen molar-refractivity contribution < 1.29 is 14.3 Å². The molecule has 108 valence electrons. The number of anilines is 1. The molecule has 1 aromatic rings. The number of benzene rings is 1. The van der Waals surface area contributed by atoms with Gasteiger partial charge in [-0.25, -0.2) is 0 Å². The molecule has 2 rings (SSSR count). The number of ether oxygens (including phenoxy) is 1. The van der Waals surface area contributed by atoms with Gasteiger partial charge in [-0.2, -0.15) is 0 Å². The second-order valence-corrected chi connectivity index (χ2v) is 4.58. The molecule has 0 aromatic heterocycles. The van der Waals surface area contributed by atoms with E-state index in [1.165, 1.54) is 0 Å². The third kappa shape index (κ3) is 3.96. The Morgan fingerprint density at radius 3 is 2.55 bits per heavy atom. The summed E-state index contributed by atoms with van der Waals surface area (Å²) in [5.41, 5.74) is 0.679. The molecule has 0 saturated carbocycles. The molecule has 6 heteroatoms. The van der Waals surface area contributed by atoms with Gasteiger partial charge in [0.05, 0.1) is 19.1 Å². The summed E-state index contributed by atoms with van der Waals surface area (Å²) in [7, 11) is 0. The topological polar surface area (TPSA) is 79.5 Å². The van der Waals surface area contributed by atoms with Gasteiger partial charge in [0.15, 0.2) is 0 Å². The first-order chi connectivity index (χ1) is 9.69. The minimum absolute atomic E-state index is 0.00623. The molecule has 2 amide bonds. The zero-order valence-electron chi connectivity index (χ0n) is 11.4. The van der Waals surface area contributed by atoms with Crippen LogP contribution in [0.1, 0.15) is 6.92 Å². The monoisotopic (exact) mass is 277 g/mol. The SMILES string of the molecule is CCOc1ccc(NC(=O)CNC(=O)C2CNC2)cc1. The van der Waals surface area contributed by atoms with E-state index in [-0.39, 0.29) is 24.3 Å². The van der Waals surface area contributed by atoms with Crippen LogP contribution in [0.2, 0.25) is 0 Å². The van der Waals surface area contributed by atoms with Gasteiger partial charge in [-0.3, -0.25) is 9.59 Å². The lowest BCUT2D eigenvalue weighted by Crippen LogP contribution is -2.51. The Morgan fingerprint density at radius 1 is 1.30 bits per heavy atom. The Bertz CT molecular complexity index is 469. The normalized spacial score (nSPS) is 14.2. The summed E-state index contributed by atoms with van der Waals surface area (Å²) >= 11 is 0. The van der Waals surface area contributed by atoms with Crippen molar-refractivity contribution >= 4 is 17.5 Å². The van der Waals surface area contributed by atoms with Crippen LogP contribution in [-0.2, 0) is 9.59 Å². The Kier molecular flexibility index (Phi) is 4.95. The molecule has 0 spiro atoms. The van der Waals surface area contributed by atoms with Gasteiger partial charge in [-0.15, -0.1) is 0 Å². The number of rotatable bonds is 6. The van der Waals surface area contributed by atoms with E-state index in [2.05, 4.69) is 16.0 Å². The van der Waals surface area contributed by atoms with Crippen molar-refractivity contribution in [3.63, 3.8) is 0 Å². The highest BCUT2D eigenvalue weighted by Gasteiger charge is 2.24. The zero-order valence-corrected chi connectivity index (χ0v) is 11.4. The van der Waals surface area contributed by atoms with Crippen molar-refractivity contribution in [3.05, 3.63) is 24.3 Å².